The summed E-state index contributed by atoms with van der Waals surface area (Å²) in [7, 11) is 0. The van der Waals surface area contributed by atoms with E-state index in [2.05, 4.69) is 10.2 Å². The van der Waals surface area contributed by atoms with Crippen molar-refractivity contribution in [2.45, 2.75) is 25.8 Å². The topological polar surface area (TPSA) is 32.3 Å². The monoisotopic (exact) mass is 268 g/mol. The molecular formula is C14H18F2N2O. The van der Waals surface area contributed by atoms with Gasteiger partial charge in [0.25, 0.3) is 5.91 Å². The Morgan fingerprint density at radius 1 is 1.37 bits per heavy atom. The fraction of sp³-hybridized carbons (Fsp3) is 0.500. The summed E-state index contributed by atoms with van der Waals surface area (Å²) in [6.07, 6.45) is 2.37. The first kappa shape index (κ1) is 13.9. The van der Waals surface area contributed by atoms with Gasteiger partial charge in [-0.05, 0) is 45.0 Å². The van der Waals surface area contributed by atoms with Gasteiger partial charge in [-0.2, -0.15) is 0 Å². The molecule has 1 amide bonds. The van der Waals surface area contributed by atoms with Crippen molar-refractivity contribution in [2.24, 2.45) is 0 Å². The molecule has 1 aliphatic heterocycles. The third-order valence-electron chi connectivity index (χ3n) is 3.50. The molecule has 0 spiro atoms. The predicted molar refractivity (Wildman–Crippen MR) is 69.0 cm³/mol. The molecule has 0 radical (unpaired) electrons. The lowest BCUT2D eigenvalue weighted by Crippen LogP contribution is -2.40. The average Bonchev–Trinajstić information content (AvgIpc) is 2.89. The molecule has 3 nitrogen and oxygen atoms in total. The van der Waals surface area contributed by atoms with Gasteiger partial charge in [0.15, 0.2) is 0 Å². The van der Waals surface area contributed by atoms with Crippen LogP contribution < -0.4 is 5.32 Å². The van der Waals surface area contributed by atoms with Crippen LogP contribution >= 0.6 is 0 Å². The SMILES string of the molecule is CC(CNC(=O)c1ccc(F)cc1F)N1CCCC1. The van der Waals surface area contributed by atoms with Crippen molar-refractivity contribution in [3.8, 4) is 0 Å². The summed E-state index contributed by atoms with van der Waals surface area (Å²) < 4.78 is 26.2. The van der Waals surface area contributed by atoms with E-state index in [-0.39, 0.29) is 11.6 Å². The van der Waals surface area contributed by atoms with E-state index in [1.54, 1.807) is 0 Å². The summed E-state index contributed by atoms with van der Waals surface area (Å²) in [5, 5.41) is 2.69. The second-order valence-corrected chi connectivity index (χ2v) is 4.93. The van der Waals surface area contributed by atoms with Gasteiger partial charge in [-0.15, -0.1) is 0 Å². The molecule has 0 saturated carbocycles. The maximum Gasteiger partial charge on any atom is 0.254 e. The molecule has 1 aromatic carbocycles. The smallest absolute Gasteiger partial charge is 0.254 e. The maximum atomic E-state index is 13.4. The Labute approximate surface area is 111 Å². The van der Waals surface area contributed by atoms with E-state index in [1.165, 1.54) is 18.9 Å². The van der Waals surface area contributed by atoms with Crippen LogP contribution in [-0.4, -0.2) is 36.5 Å². The van der Waals surface area contributed by atoms with E-state index in [0.29, 0.717) is 6.54 Å². The Balaban J connectivity index is 1.90. The number of hydrogen-bond acceptors (Lipinski definition) is 2. The molecule has 0 aliphatic carbocycles. The molecule has 0 bridgehead atoms. The summed E-state index contributed by atoms with van der Waals surface area (Å²) in [6.45, 7) is 4.59. The highest BCUT2D eigenvalue weighted by Gasteiger charge is 2.19. The first-order valence-corrected chi connectivity index (χ1v) is 6.55. The molecule has 2 rings (SSSR count). The number of amides is 1. The number of hydrogen-bond donors (Lipinski definition) is 1. The first-order valence-electron chi connectivity index (χ1n) is 6.55. The van der Waals surface area contributed by atoms with Crippen molar-refractivity contribution in [2.75, 3.05) is 19.6 Å². The zero-order valence-electron chi connectivity index (χ0n) is 11.0. The number of carbonyl (C=O) groups excluding carboxylic acids is 1. The highest BCUT2D eigenvalue weighted by Crippen LogP contribution is 2.12. The van der Waals surface area contributed by atoms with Crippen molar-refractivity contribution >= 4 is 5.91 Å². The third-order valence-corrected chi connectivity index (χ3v) is 3.50. The minimum Gasteiger partial charge on any atom is -0.350 e. The molecule has 104 valence electrons. The van der Waals surface area contributed by atoms with Crippen LogP contribution in [0, 0.1) is 11.6 Å². The summed E-state index contributed by atoms with van der Waals surface area (Å²) in [5.74, 6) is -2.01. The van der Waals surface area contributed by atoms with Gasteiger partial charge in [-0.3, -0.25) is 9.69 Å². The molecule has 5 heteroatoms. The summed E-state index contributed by atoms with van der Waals surface area (Å²) in [4.78, 5) is 14.1. The van der Waals surface area contributed by atoms with Gasteiger partial charge in [0.2, 0.25) is 0 Å². The van der Waals surface area contributed by atoms with Crippen molar-refractivity contribution in [3.63, 3.8) is 0 Å². The molecule has 0 aromatic heterocycles. The van der Waals surface area contributed by atoms with E-state index in [4.69, 9.17) is 0 Å². The van der Waals surface area contributed by atoms with Gasteiger partial charge in [-0.1, -0.05) is 0 Å². The molecule has 1 aromatic rings. The molecule has 19 heavy (non-hydrogen) atoms. The third kappa shape index (κ3) is 3.50. The van der Waals surface area contributed by atoms with Crippen LogP contribution in [0.15, 0.2) is 18.2 Å². The summed E-state index contributed by atoms with van der Waals surface area (Å²) in [6, 6.07) is 3.20. The van der Waals surface area contributed by atoms with Crippen molar-refractivity contribution in [1.82, 2.24) is 10.2 Å². The van der Waals surface area contributed by atoms with Crippen LogP contribution in [0.4, 0.5) is 8.78 Å². The summed E-state index contributed by atoms with van der Waals surface area (Å²) in [5.41, 5.74) is -0.116. The van der Waals surface area contributed by atoms with E-state index in [0.717, 1.165) is 25.2 Å². The number of benzene rings is 1. The molecular weight excluding hydrogens is 250 g/mol. The highest BCUT2D eigenvalue weighted by atomic mass is 19.1. The Hall–Kier alpha value is -1.49. The number of nitrogens with zero attached hydrogens (tertiary/aromatic N) is 1. The number of likely N-dealkylation sites (tertiary alicyclic amines) is 1. The van der Waals surface area contributed by atoms with Gasteiger partial charge >= 0.3 is 0 Å². The normalized spacial score (nSPS) is 17.4. The first-order chi connectivity index (χ1) is 9.08. The summed E-state index contributed by atoms with van der Waals surface area (Å²) >= 11 is 0. The second kappa shape index (κ2) is 6.10. The minimum absolute atomic E-state index is 0.116. The Kier molecular flexibility index (Phi) is 4.47. The number of halogens is 2. The molecule has 1 fully saturated rings. The van der Waals surface area contributed by atoms with Gasteiger partial charge in [0, 0.05) is 18.7 Å². The van der Waals surface area contributed by atoms with Crippen molar-refractivity contribution in [3.05, 3.63) is 35.4 Å². The number of carbonyl (C=O) groups is 1. The fourth-order valence-corrected chi connectivity index (χ4v) is 2.32. The molecule has 1 unspecified atom stereocenters. The highest BCUT2D eigenvalue weighted by molar-refractivity contribution is 5.94. The zero-order chi connectivity index (χ0) is 13.8. The standard InChI is InChI=1S/C14H18F2N2O/c1-10(18-6-2-3-7-18)9-17-14(19)12-5-4-11(15)8-13(12)16/h4-5,8,10H,2-3,6-7,9H2,1H3,(H,17,19). The van der Waals surface area contributed by atoms with Crippen molar-refractivity contribution < 1.29 is 13.6 Å². The molecule has 1 N–H and O–H groups in total. The van der Waals surface area contributed by atoms with Crippen molar-refractivity contribution in [1.29, 1.82) is 0 Å². The molecule has 1 heterocycles. The van der Waals surface area contributed by atoms with E-state index < -0.39 is 17.5 Å². The van der Waals surface area contributed by atoms with Crippen LogP contribution in [0.25, 0.3) is 0 Å². The predicted octanol–water partition coefficient (Wildman–Crippen LogP) is 2.18. The van der Waals surface area contributed by atoms with Gasteiger partial charge in [-0.25, -0.2) is 8.78 Å². The lowest BCUT2D eigenvalue weighted by atomic mass is 10.2. The van der Waals surface area contributed by atoms with Gasteiger partial charge in [0.05, 0.1) is 5.56 Å². The minimum atomic E-state index is -0.827. The molecule has 1 aliphatic rings. The Morgan fingerprint density at radius 3 is 2.68 bits per heavy atom. The lowest BCUT2D eigenvalue weighted by molar-refractivity contribution is 0.0936. The van der Waals surface area contributed by atoms with Crippen LogP contribution in [0.3, 0.4) is 0 Å². The molecule has 1 saturated heterocycles. The Morgan fingerprint density at radius 2 is 2.05 bits per heavy atom. The molecule has 1 atom stereocenters. The van der Waals surface area contributed by atoms with Gasteiger partial charge in [0.1, 0.15) is 11.6 Å². The number of nitrogens with one attached hydrogen (secondary N) is 1. The van der Waals surface area contributed by atoms with E-state index in [9.17, 15) is 13.6 Å². The fourth-order valence-electron chi connectivity index (χ4n) is 2.32. The van der Waals surface area contributed by atoms with Crippen LogP contribution in [0.1, 0.15) is 30.1 Å². The number of rotatable bonds is 4. The van der Waals surface area contributed by atoms with Crippen LogP contribution in [0.5, 0.6) is 0 Å². The van der Waals surface area contributed by atoms with Crippen LogP contribution in [0.2, 0.25) is 0 Å². The second-order valence-electron chi connectivity index (χ2n) is 4.93. The maximum absolute atomic E-state index is 13.4. The van der Waals surface area contributed by atoms with Gasteiger partial charge < -0.3 is 5.32 Å². The quantitative estimate of drug-likeness (QED) is 0.907. The average molecular weight is 268 g/mol. The lowest BCUT2D eigenvalue weighted by Gasteiger charge is -2.23. The Bertz CT molecular complexity index is 459. The largest absolute Gasteiger partial charge is 0.350 e. The zero-order valence-corrected chi connectivity index (χ0v) is 11.0. The van der Waals surface area contributed by atoms with E-state index in [1.807, 2.05) is 6.92 Å². The van der Waals surface area contributed by atoms with Crippen LogP contribution in [-0.2, 0) is 0 Å². The van der Waals surface area contributed by atoms with E-state index >= 15 is 0 Å².